The average Bonchev–Trinajstić information content (AvgIpc) is 2.89. The summed E-state index contributed by atoms with van der Waals surface area (Å²) in [6.45, 7) is 3.08. The smallest absolute Gasteiger partial charge is 0.0458 e. The number of nitrogens with one attached hydrogen (secondary N) is 2. The molecule has 3 aromatic rings. The van der Waals surface area contributed by atoms with Crippen molar-refractivity contribution in [3.8, 4) is 0 Å². The Morgan fingerprint density at radius 3 is 2.75 bits per heavy atom. The Hall–Kier alpha value is -1.58. The summed E-state index contributed by atoms with van der Waals surface area (Å²) in [7, 11) is 0. The minimum atomic E-state index is 0.304. The van der Waals surface area contributed by atoms with E-state index < -0.39 is 0 Å². The maximum absolute atomic E-state index is 3.58. The van der Waals surface area contributed by atoms with Crippen LogP contribution in [0.25, 0.3) is 10.9 Å². The first kappa shape index (κ1) is 13.4. The van der Waals surface area contributed by atoms with Crippen LogP contribution in [-0.4, -0.2) is 4.98 Å². The predicted molar refractivity (Wildman–Crippen MR) is 87.7 cm³/mol. The zero-order valence-electron chi connectivity index (χ0n) is 11.4. The molecule has 1 aromatic heterocycles. The molecular weight excluding hydrogens is 312 g/mol. The van der Waals surface area contributed by atoms with E-state index in [1.54, 1.807) is 0 Å². The SMILES string of the molecule is CC(NCc1ccccc1)c1c[nH]c2ccc(Br)cc12. The van der Waals surface area contributed by atoms with Crippen LogP contribution in [0.5, 0.6) is 0 Å². The van der Waals surface area contributed by atoms with Crippen molar-refractivity contribution in [2.24, 2.45) is 0 Å². The first-order valence-electron chi connectivity index (χ1n) is 6.78. The number of hydrogen-bond acceptors (Lipinski definition) is 1. The second-order valence-electron chi connectivity index (χ2n) is 5.02. The van der Waals surface area contributed by atoms with E-state index in [0.717, 1.165) is 11.0 Å². The lowest BCUT2D eigenvalue weighted by molar-refractivity contribution is 0.578. The van der Waals surface area contributed by atoms with Crippen molar-refractivity contribution in [3.63, 3.8) is 0 Å². The molecule has 2 nitrogen and oxygen atoms in total. The van der Waals surface area contributed by atoms with Gasteiger partial charge in [0.1, 0.15) is 0 Å². The normalized spacial score (nSPS) is 12.7. The van der Waals surface area contributed by atoms with Gasteiger partial charge in [-0.3, -0.25) is 0 Å². The maximum atomic E-state index is 3.58. The fraction of sp³-hybridized carbons (Fsp3) is 0.176. The molecule has 20 heavy (non-hydrogen) atoms. The van der Waals surface area contributed by atoms with Crippen molar-refractivity contribution in [2.45, 2.75) is 19.5 Å². The van der Waals surface area contributed by atoms with Crippen LogP contribution in [0.15, 0.2) is 59.2 Å². The van der Waals surface area contributed by atoms with E-state index in [0.29, 0.717) is 6.04 Å². The molecule has 0 aliphatic carbocycles. The van der Waals surface area contributed by atoms with Gasteiger partial charge in [0.05, 0.1) is 0 Å². The Kier molecular flexibility index (Phi) is 3.90. The lowest BCUT2D eigenvalue weighted by Gasteiger charge is -2.13. The van der Waals surface area contributed by atoms with Crippen LogP contribution < -0.4 is 5.32 Å². The second kappa shape index (κ2) is 5.81. The highest BCUT2D eigenvalue weighted by atomic mass is 79.9. The molecule has 0 aliphatic rings. The maximum Gasteiger partial charge on any atom is 0.0458 e. The van der Waals surface area contributed by atoms with Crippen LogP contribution in [-0.2, 0) is 6.54 Å². The number of rotatable bonds is 4. The largest absolute Gasteiger partial charge is 0.361 e. The summed E-state index contributed by atoms with van der Waals surface area (Å²) in [4.78, 5) is 3.33. The third-order valence-electron chi connectivity index (χ3n) is 3.60. The molecule has 0 saturated carbocycles. The van der Waals surface area contributed by atoms with Crippen LogP contribution >= 0.6 is 15.9 Å². The van der Waals surface area contributed by atoms with E-state index in [1.807, 2.05) is 6.07 Å². The van der Waals surface area contributed by atoms with E-state index in [-0.39, 0.29) is 0 Å². The van der Waals surface area contributed by atoms with E-state index in [9.17, 15) is 0 Å². The van der Waals surface area contributed by atoms with Crippen LogP contribution in [0.1, 0.15) is 24.1 Å². The van der Waals surface area contributed by atoms with Crippen LogP contribution in [0.4, 0.5) is 0 Å². The number of hydrogen-bond donors (Lipinski definition) is 2. The van der Waals surface area contributed by atoms with Crippen LogP contribution in [0, 0.1) is 0 Å². The molecule has 0 bridgehead atoms. The van der Waals surface area contributed by atoms with Gasteiger partial charge in [-0.2, -0.15) is 0 Å². The summed E-state index contributed by atoms with van der Waals surface area (Å²) in [5.41, 5.74) is 3.79. The Labute approximate surface area is 127 Å². The van der Waals surface area contributed by atoms with Crippen molar-refractivity contribution < 1.29 is 0 Å². The topological polar surface area (TPSA) is 27.8 Å². The standard InChI is InChI=1S/C17H17BrN2/c1-12(19-10-13-5-3-2-4-6-13)16-11-20-17-8-7-14(18)9-15(16)17/h2-9,11-12,19-20H,10H2,1H3. The number of aromatic amines is 1. The zero-order chi connectivity index (χ0) is 13.9. The monoisotopic (exact) mass is 328 g/mol. The van der Waals surface area contributed by atoms with E-state index in [1.165, 1.54) is 22.0 Å². The Bertz CT molecular complexity index is 703. The highest BCUT2D eigenvalue weighted by molar-refractivity contribution is 9.10. The molecule has 2 N–H and O–H groups in total. The van der Waals surface area contributed by atoms with Gasteiger partial charge in [-0.05, 0) is 36.2 Å². The highest BCUT2D eigenvalue weighted by Crippen LogP contribution is 2.27. The number of H-pyrrole nitrogens is 1. The molecule has 1 atom stereocenters. The van der Waals surface area contributed by atoms with Crippen molar-refractivity contribution >= 4 is 26.8 Å². The quantitative estimate of drug-likeness (QED) is 0.708. The third kappa shape index (κ3) is 2.79. The van der Waals surface area contributed by atoms with Gasteiger partial charge in [0, 0.05) is 34.2 Å². The van der Waals surface area contributed by atoms with Gasteiger partial charge in [0.15, 0.2) is 0 Å². The summed E-state index contributed by atoms with van der Waals surface area (Å²) in [5.74, 6) is 0. The fourth-order valence-electron chi connectivity index (χ4n) is 2.45. The first-order valence-corrected chi connectivity index (χ1v) is 7.57. The summed E-state index contributed by atoms with van der Waals surface area (Å²) in [6, 6.07) is 17.1. The third-order valence-corrected chi connectivity index (χ3v) is 4.09. The summed E-state index contributed by atoms with van der Waals surface area (Å²) >= 11 is 3.54. The number of halogens is 1. The molecule has 1 heterocycles. The van der Waals surface area contributed by atoms with Crippen molar-refractivity contribution in [3.05, 3.63) is 70.3 Å². The molecule has 0 saturated heterocycles. The molecule has 0 fully saturated rings. The number of aromatic nitrogens is 1. The molecule has 0 aliphatic heterocycles. The summed E-state index contributed by atoms with van der Waals surface area (Å²) in [5, 5.41) is 4.85. The number of benzene rings is 2. The predicted octanol–water partition coefficient (Wildman–Crippen LogP) is 4.78. The Morgan fingerprint density at radius 2 is 1.95 bits per heavy atom. The van der Waals surface area contributed by atoms with Gasteiger partial charge in [0.25, 0.3) is 0 Å². The van der Waals surface area contributed by atoms with Gasteiger partial charge < -0.3 is 10.3 Å². The molecule has 3 heteroatoms. The Balaban J connectivity index is 1.78. The van der Waals surface area contributed by atoms with Gasteiger partial charge in [-0.1, -0.05) is 46.3 Å². The molecule has 3 rings (SSSR count). The summed E-state index contributed by atoms with van der Waals surface area (Å²) < 4.78 is 1.11. The van der Waals surface area contributed by atoms with Crippen molar-refractivity contribution in [1.29, 1.82) is 0 Å². The molecular formula is C17H17BrN2. The molecule has 2 aromatic carbocycles. The average molecular weight is 329 g/mol. The minimum absolute atomic E-state index is 0.304. The van der Waals surface area contributed by atoms with Crippen LogP contribution in [0.3, 0.4) is 0 Å². The van der Waals surface area contributed by atoms with E-state index in [4.69, 9.17) is 0 Å². The van der Waals surface area contributed by atoms with E-state index >= 15 is 0 Å². The molecule has 102 valence electrons. The molecule has 1 unspecified atom stereocenters. The molecule has 0 amide bonds. The van der Waals surface area contributed by atoms with Crippen molar-refractivity contribution in [2.75, 3.05) is 0 Å². The van der Waals surface area contributed by atoms with Crippen molar-refractivity contribution in [1.82, 2.24) is 10.3 Å². The Morgan fingerprint density at radius 1 is 1.15 bits per heavy atom. The van der Waals surface area contributed by atoms with Gasteiger partial charge in [-0.25, -0.2) is 0 Å². The van der Waals surface area contributed by atoms with E-state index in [2.05, 4.69) is 81.8 Å². The first-order chi connectivity index (χ1) is 9.74. The number of fused-ring (bicyclic) bond motifs is 1. The molecule has 0 radical (unpaired) electrons. The lowest BCUT2D eigenvalue weighted by Crippen LogP contribution is -2.17. The summed E-state index contributed by atoms with van der Waals surface area (Å²) in [6.07, 6.45) is 2.10. The van der Waals surface area contributed by atoms with Crippen LogP contribution in [0.2, 0.25) is 0 Å². The second-order valence-corrected chi connectivity index (χ2v) is 5.94. The van der Waals surface area contributed by atoms with Gasteiger partial charge >= 0.3 is 0 Å². The highest BCUT2D eigenvalue weighted by Gasteiger charge is 2.11. The minimum Gasteiger partial charge on any atom is -0.361 e. The van der Waals surface area contributed by atoms with Gasteiger partial charge in [0.2, 0.25) is 0 Å². The molecule has 0 spiro atoms. The zero-order valence-corrected chi connectivity index (χ0v) is 12.9. The lowest BCUT2D eigenvalue weighted by atomic mass is 10.1. The fourth-order valence-corrected chi connectivity index (χ4v) is 2.81. The van der Waals surface area contributed by atoms with Gasteiger partial charge in [-0.15, -0.1) is 0 Å².